The van der Waals surface area contributed by atoms with Crippen molar-refractivity contribution < 1.29 is 53.6 Å². The van der Waals surface area contributed by atoms with Crippen LogP contribution in [-0.2, 0) is 9.30 Å². The first kappa shape index (κ1) is 21.5. The molecule has 0 fully saturated rings. The lowest BCUT2D eigenvalue weighted by Crippen LogP contribution is -2.68. The van der Waals surface area contributed by atoms with Crippen molar-refractivity contribution in [2.75, 3.05) is 13.2 Å². The van der Waals surface area contributed by atoms with E-state index in [1.807, 2.05) is 0 Å². The predicted molar refractivity (Wildman–Crippen MR) is 66.0 cm³/mol. The average Bonchev–Trinajstić information content (AvgIpc) is 2.43. The second-order valence-corrected chi connectivity index (χ2v) is 5.16. The third kappa shape index (κ3) is 4.55. The van der Waals surface area contributed by atoms with Crippen LogP contribution in [0.15, 0.2) is 24.3 Å². The quantitative estimate of drug-likeness (QED) is 0.402. The van der Waals surface area contributed by atoms with Crippen molar-refractivity contribution in [2.45, 2.75) is 24.1 Å². The molecule has 0 saturated carbocycles. The topological polar surface area (TPSA) is 35.5 Å². The van der Waals surface area contributed by atoms with Gasteiger partial charge in [-0.3, -0.25) is 4.57 Å². The molecule has 1 aromatic carbocycles. The Bertz CT molecular complexity index is 541. The Morgan fingerprint density at radius 3 is 1.56 bits per heavy atom. The van der Waals surface area contributed by atoms with Gasteiger partial charge < -0.3 is 9.47 Å². The van der Waals surface area contributed by atoms with Crippen LogP contribution in [0.25, 0.3) is 0 Å². The zero-order valence-corrected chi connectivity index (χ0v) is 12.7. The Labute approximate surface area is 135 Å². The summed E-state index contributed by atoms with van der Waals surface area (Å²) in [6.45, 7) is -2.65. The van der Waals surface area contributed by atoms with E-state index < -0.39 is 37.3 Å². The average molecular weight is 402 g/mol. The largest absolute Gasteiger partial charge is 0.491 e. The second-order valence-electron chi connectivity index (χ2n) is 4.46. The summed E-state index contributed by atoms with van der Waals surface area (Å²) in [7, 11) is -0.346. The van der Waals surface area contributed by atoms with Gasteiger partial charge in [0.1, 0.15) is 12.4 Å². The first-order valence-electron chi connectivity index (χ1n) is 6.16. The Balaban J connectivity index is 2.87. The second kappa shape index (κ2) is 7.36. The number of hydrogen-bond acceptors (Lipinski definition) is 3. The van der Waals surface area contributed by atoms with Gasteiger partial charge in [-0.25, -0.2) is 0 Å². The smallest absolute Gasteiger partial charge is 0.435 e. The van der Waals surface area contributed by atoms with Gasteiger partial charge in [0.25, 0.3) is 0 Å². The van der Waals surface area contributed by atoms with E-state index in [-0.39, 0.29) is 14.2 Å². The van der Waals surface area contributed by atoms with Crippen molar-refractivity contribution in [3.05, 3.63) is 24.3 Å². The van der Waals surface area contributed by atoms with E-state index in [4.69, 9.17) is 4.74 Å². The molecule has 0 heterocycles. The van der Waals surface area contributed by atoms with E-state index in [9.17, 15) is 44.1 Å². The molecule has 0 N–H and O–H groups in total. The molecule has 0 unspecified atom stereocenters. The summed E-state index contributed by atoms with van der Waals surface area (Å²) < 4.78 is 132. The normalized spacial score (nSPS) is 14.0. The third-order valence-corrected chi connectivity index (χ3v) is 3.32. The molecule has 3 nitrogen and oxygen atoms in total. The van der Waals surface area contributed by atoms with Crippen LogP contribution in [0.2, 0.25) is 0 Å². The summed E-state index contributed by atoms with van der Waals surface area (Å²) in [6, 6.07) is 4.86. The highest BCUT2D eigenvalue weighted by atomic mass is 31.1. The Morgan fingerprint density at radius 2 is 1.20 bits per heavy atom. The summed E-state index contributed by atoms with van der Waals surface area (Å²) in [5.41, 5.74) is -6.32. The third-order valence-electron chi connectivity index (χ3n) is 2.81. The fraction of sp³-hybridized carbons (Fsp3) is 0.500. The maximum Gasteiger partial charge on any atom is 0.435 e. The molecule has 0 aliphatic heterocycles. The number of halogens is 9. The highest BCUT2D eigenvalue weighted by molar-refractivity contribution is 7.34. The molecule has 0 amide bonds. The summed E-state index contributed by atoms with van der Waals surface area (Å²) >= 11 is 0. The monoisotopic (exact) mass is 402 g/mol. The van der Waals surface area contributed by atoms with Crippen LogP contribution < -0.4 is 10.0 Å². The van der Waals surface area contributed by atoms with Gasteiger partial charge in [0.15, 0.2) is 8.46 Å². The standard InChI is InChI=1S/C12H8F9O3P/c13-10(14,15)9(11(16,17)18,12(19,20)21)24-6-5-23-7-1-3-8(25-22)4-2-7/h1-4H,5-6H2. The summed E-state index contributed by atoms with van der Waals surface area (Å²) in [4.78, 5) is 0. The fourth-order valence-corrected chi connectivity index (χ4v) is 1.96. The molecule has 0 aliphatic carbocycles. The molecule has 25 heavy (non-hydrogen) atoms. The number of benzene rings is 1. The lowest BCUT2D eigenvalue weighted by Gasteiger charge is -2.37. The molecule has 0 atom stereocenters. The van der Waals surface area contributed by atoms with Crippen LogP contribution in [0.4, 0.5) is 39.5 Å². The molecule has 0 spiro atoms. The lowest BCUT2D eigenvalue weighted by atomic mass is 10.0. The van der Waals surface area contributed by atoms with E-state index in [1.165, 1.54) is 24.3 Å². The number of rotatable bonds is 6. The maximum atomic E-state index is 12.6. The van der Waals surface area contributed by atoms with Crippen molar-refractivity contribution in [1.29, 1.82) is 0 Å². The Morgan fingerprint density at radius 1 is 0.760 bits per heavy atom. The number of alkyl halides is 9. The van der Waals surface area contributed by atoms with Gasteiger partial charge in [-0.1, -0.05) is 0 Å². The summed E-state index contributed by atoms with van der Waals surface area (Å²) in [5.74, 6) is -0.0763. The maximum absolute atomic E-state index is 12.6. The minimum absolute atomic E-state index is 0.0763. The van der Waals surface area contributed by atoms with Crippen LogP contribution in [0, 0.1) is 0 Å². The van der Waals surface area contributed by atoms with Crippen molar-refractivity contribution in [1.82, 2.24) is 0 Å². The van der Waals surface area contributed by atoms with E-state index >= 15 is 0 Å². The van der Waals surface area contributed by atoms with E-state index in [1.54, 1.807) is 0 Å². The SMILES string of the molecule is O=Pc1ccc(OCCOC(C(F)(F)F)(C(F)(F)F)C(F)(F)F)cc1. The zero-order valence-electron chi connectivity index (χ0n) is 11.8. The molecule has 1 rings (SSSR count). The molecule has 0 aliphatic rings. The molecule has 0 radical (unpaired) electrons. The number of ether oxygens (including phenoxy) is 2. The predicted octanol–water partition coefficient (Wildman–Crippen LogP) is 4.42. The molecule has 0 aromatic heterocycles. The van der Waals surface area contributed by atoms with Crippen molar-refractivity contribution in [3.8, 4) is 5.75 Å². The summed E-state index contributed by atoms with van der Waals surface area (Å²) in [6.07, 6.45) is -20.3. The van der Waals surface area contributed by atoms with Crippen LogP contribution >= 0.6 is 8.46 Å². The highest BCUT2D eigenvalue weighted by Gasteiger charge is 2.85. The van der Waals surface area contributed by atoms with Gasteiger partial charge in [0.2, 0.25) is 0 Å². The van der Waals surface area contributed by atoms with E-state index in [0.717, 1.165) is 0 Å². The lowest BCUT2D eigenvalue weighted by molar-refractivity contribution is -0.457. The molecule has 13 heteroatoms. The van der Waals surface area contributed by atoms with E-state index in [2.05, 4.69) is 4.74 Å². The molecule has 0 saturated heterocycles. The van der Waals surface area contributed by atoms with Crippen LogP contribution in [0.3, 0.4) is 0 Å². The molecule has 0 bridgehead atoms. The summed E-state index contributed by atoms with van der Waals surface area (Å²) in [5, 5.41) is 0.300. The van der Waals surface area contributed by atoms with Crippen molar-refractivity contribution in [3.63, 3.8) is 0 Å². The van der Waals surface area contributed by atoms with E-state index in [0.29, 0.717) is 5.30 Å². The first-order chi connectivity index (χ1) is 11.3. The molecular weight excluding hydrogens is 394 g/mol. The number of hydrogen-bond donors (Lipinski definition) is 0. The van der Waals surface area contributed by atoms with Gasteiger partial charge in [-0.15, -0.1) is 0 Å². The van der Waals surface area contributed by atoms with Crippen LogP contribution in [0.5, 0.6) is 5.75 Å². The van der Waals surface area contributed by atoms with Crippen molar-refractivity contribution in [2.24, 2.45) is 0 Å². The Kier molecular flexibility index (Phi) is 6.33. The van der Waals surface area contributed by atoms with Gasteiger partial charge in [0.05, 0.1) is 6.61 Å². The van der Waals surface area contributed by atoms with Gasteiger partial charge in [-0.05, 0) is 24.3 Å². The van der Waals surface area contributed by atoms with Gasteiger partial charge >= 0.3 is 24.1 Å². The van der Waals surface area contributed by atoms with Crippen LogP contribution in [-0.4, -0.2) is 37.3 Å². The van der Waals surface area contributed by atoms with Crippen LogP contribution in [0.1, 0.15) is 0 Å². The fourth-order valence-electron chi connectivity index (χ4n) is 1.69. The minimum atomic E-state index is -6.78. The highest BCUT2D eigenvalue weighted by Crippen LogP contribution is 2.54. The molecular formula is C12H8F9O3P. The molecule has 1 aromatic rings. The Hall–Kier alpha value is -1.55. The minimum Gasteiger partial charge on any atom is -0.491 e. The first-order valence-corrected chi connectivity index (χ1v) is 6.98. The van der Waals surface area contributed by atoms with Crippen molar-refractivity contribution >= 4 is 13.8 Å². The van der Waals surface area contributed by atoms with Gasteiger partial charge in [0, 0.05) is 5.30 Å². The van der Waals surface area contributed by atoms with Gasteiger partial charge in [-0.2, -0.15) is 39.5 Å². The zero-order chi connectivity index (χ0) is 19.5. The molecule has 142 valence electrons.